The third-order valence-electron chi connectivity index (χ3n) is 6.11. The fraction of sp³-hybridized carbons (Fsp3) is 1.00. The zero-order valence-electron chi connectivity index (χ0n) is 13.3. The number of hydrogen-bond acceptors (Lipinski definition) is 3. The monoisotopic (exact) mass is 280 g/mol. The summed E-state index contributed by atoms with van der Waals surface area (Å²) in [6, 6.07) is 0. The molecule has 0 unspecified atom stereocenters. The second-order valence-corrected chi connectivity index (χ2v) is 7.80. The first-order chi connectivity index (χ1) is 9.70. The maximum absolute atomic E-state index is 5.54. The molecule has 0 radical (unpaired) electrons. The SMILES string of the molecule is CC1(CN2CCCC3(CCNCC3)CC2)CCOCC1. The minimum absolute atomic E-state index is 0.504. The lowest BCUT2D eigenvalue weighted by molar-refractivity contribution is 0.00486. The molecule has 3 saturated heterocycles. The van der Waals surface area contributed by atoms with Gasteiger partial charge in [-0.1, -0.05) is 6.92 Å². The smallest absolute Gasteiger partial charge is 0.0471 e. The van der Waals surface area contributed by atoms with Crippen molar-refractivity contribution < 1.29 is 4.74 Å². The van der Waals surface area contributed by atoms with Crippen molar-refractivity contribution in [2.75, 3.05) is 45.9 Å². The van der Waals surface area contributed by atoms with Crippen LogP contribution in [0, 0.1) is 10.8 Å². The van der Waals surface area contributed by atoms with E-state index < -0.39 is 0 Å². The van der Waals surface area contributed by atoms with Gasteiger partial charge >= 0.3 is 0 Å². The molecular weight excluding hydrogens is 248 g/mol. The molecule has 3 aliphatic heterocycles. The third kappa shape index (κ3) is 3.55. The largest absolute Gasteiger partial charge is 0.381 e. The van der Waals surface area contributed by atoms with Crippen LogP contribution in [-0.4, -0.2) is 50.8 Å². The van der Waals surface area contributed by atoms with Crippen molar-refractivity contribution >= 4 is 0 Å². The second-order valence-electron chi connectivity index (χ2n) is 7.80. The topological polar surface area (TPSA) is 24.5 Å². The molecule has 0 aromatic heterocycles. The summed E-state index contributed by atoms with van der Waals surface area (Å²) >= 11 is 0. The van der Waals surface area contributed by atoms with Crippen molar-refractivity contribution in [1.82, 2.24) is 10.2 Å². The Kier molecular flexibility index (Phi) is 4.68. The number of rotatable bonds is 2. The highest BCUT2D eigenvalue weighted by Crippen LogP contribution is 2.40. The molecule has 1 spiro atoms. The highest BCUT2D eigenvalue weighted by Gasteiger charge is 2.36. The maximum Gasteiger partial charge on any atom is 0.0471 e. The molecule has 3 rings (SSSR count). The number of piperidine rings is 1. The molecule has 1 N–H and O–H groups in total. The number of likely N-dealkylation sites (tertiary alicyclic amines) is 1. The summed E-state index contributed by atoms with van der Waals surface area (Å²) in [6.07, 6.45) is 9.62. The van der Waals surface area contributed by atoms with E-state index in [1.807, 2.05) is 0 Å². The van der Waals surface area contributed by atoms with Crippen LogP contribution in [0.1, 0.15) is 51.9 Å². The van der Waals surface area contributed by atoms with Crippen LogP contribution in [0.15, 0.2) is 0 Å². The highest BCUT2D eigenvalue weighted by molar-refractivity contribution is 4.89. The molecule has 0 saturated carbocycles. The first-order valence-electron chi connectivity index (χ1n) is 8.71. The Hall–Kier alpha value is -0.120. The average Bonchev–Trinajstić information content (AvgIpc) is 2.63. The van der Waals surface area contributed by atoms with Crippen molar-refractivity contribution in [3.05, 3.63) is 0 Å². The summed E-state index contributed by atoms with van der Waals surface area (Å²) in [5, 5.41) is 3.53. The Morgan fingerprint density at radius 1 is 0.950 bits per heavy atom. The van der Waals surface area contributed by atoms with E-state index >= 15 is 0 Å². The molecule has 0 aliphatic carbocycles. The van der Waals surface area contributed by atoms with Gasteiger partial charge in [-0.3, -0.25) is 0 Å². The van der Waals surface area contributed by atoms with Crippen LogP contribution < -0.4 is 5.32 Å². The average molecular weight is 280 g/mol. The lowest BCUT2D eigenvalue weighted by atomic mass is 9.73. The summed E-state index contributed by atoms with van der Waals surface area (Å²) < 4.78 is 5.54. The van der Waals surface area contributed by atoms with E-state index in [4.69, 9.17) is 4.74 Å². The minimum atomic E-state index is 0.504. The van der Waals surface area contributed by atoms with Gasteiger partial charge < -0.3 is 15.0 Å². The van der Waals surface area contributed by atoms with Gasteiger partial charge in [-0.05, 0) is 82.0 Å². The van der Waals surface area contributed by atoms with E-state index in [0.717, 1.165) is 13.2 Å². The van der Waals surface area contributed by atoms with E-state index in [9.17, 15) is 0 Å². The summed E-state index contributed by atoms with van der Waals surface area (Å²) in [5.74, 6) is 0. The van der Waals surface area contributed by atoms with Crippen molar-refractivity contribution in [3.8, 4) is 0 Å². The summed E-state index contributed by atoms with van der Waals surface area (Å²) in [6.45, 7) is 10.9. The molecule has 3 heteroatoms. The molecule has 20 heavy (non-hydrogen) atoms. The van der Waals surface area contributed by atoms with Crippen LogP contribution in [0.4, 0.5) is 0 Å². The Morgan fingerprint density at radius 3 is 2.45 bits per heavy atom. The zero-order valence-corrected chi connectivity index (χ0v) is 13.3. The first kappa shape index (κ1) is 14.8. The maximum atomic E-state index is 5.54. The van der Waals surface area contributed by atoms with E-state index in [2.05, 4.69) is 17.1 Å². The second kappa shape index (κ2) is 6.33. The Balaban J connectivity index is 1.54. The van der Waals surface area contributed by atoms with Crippen LogP contribution in [-0.2, 0) is 4.74 Å². The van der Waals surface area contributed by atoms with Gasteiger partial charge in [0.1, 0.15) is 0 Å². The van der Waals surface area contributed by atoms with E-state index in [0.29, 0.717) is 10.8 Å². The first-order valence-corrected chi connectivity index (χ1v) is 8.71. The van der Waals surface area contributed by atoms with Crippen LogP contribution in [0.25, 0.3) is 0 Å². The highest BCUT2D eigenvalue weighted by atomic mass is 16.5. The van der Waals surface area contributed by atoms with Gasteiger partial charge in [0, 0.05) is 19.8 Å². The van der Waals surface area contributed by atoms with Crippen molar-refractivity contribution in [1.29, 1.82) is 0 Å². The van der Waals surface area contributed by atoms with Gasteiger partial charge in [0.05, 0.1) is 0 Å². The standard InChI is InChI=1S/C17H32N2O/c1-16(7-13-20-14-8-16)15-19-11-2-3-17(6-12-19)4-9-18-10-5-17/h18H,2-15H2,1H3. The van der Waals surface area contributed by atoms with Crippen molar-refractivity contribution in [2.45, 2.75) is 51.9 Å². The normalized spacial score (nSPS) is 31.1. The molecule has 116 valence electrons. The van der Waals surface area contributed by atoms with Gasteiger partial charge in [-0.25, -0.2) is 0 Å². The van der Waals surface area contributed by atoms with Crippen LogP contribution in [0.5, 0.6) is 0 Å². The Morgan fingerprint density at radius 2 is 1.70 bits per heavy atom. The fourth-order valence-electron chi connectivity index (χ4n) is 4.49. The van der Waals surface area contributed by atoms with Gasteiger partial charge in [0.25, 0.3) is 0 Å². The predicted octanol–water partition coefficient (Wildman–Crippen LogP) is 2.66. The quantitative estimate of drug-likeness (QED) is 0.841. The Bertz CT molecular complexity index is 306. The predicted molar refractivity (Wildman–Crippen MR) is 83.0 cm³/mol. The molecule has 0 bridgehead atoms. The summed E-state index contributed by atoms with van der Waals surface area (Å²) in [5.41, 5.74) is 1.18. The molecule has 0 amide bonds. The van der Waals surface area contributed by atoms with E-state index in [1.54, 1.807) is 0 Å². The third-order valence-corrected chi connectivity index (χ3v) is 6.11. The van der Waals surface area contributed by atoms with Gasteiger partial charge in [-0.2, -0.15) is 0 Å². The van der Waals surface area contributed by atoms with Gasteiger partial charge in [0.2, 0.25) is 0 Å². The van der Waals surface area contributed by atoms with Crippen molar-refractivity contribution in [2.24, 2.45) is 10.8 Å². The van der Waals surface area contributed by atoms with E-state index in [1.165, 1.54) is 77.7 Å². The molecule has 3 fully saturated rings. The molecule has 3 heterocycles. The molecule has 3 aliphatic rings. The molecule has 0 aromatic rings. The summed E-state index contributed by atoms with van der Waals surface area (Å²) in [4.78, 5) is 2.77. The van der Waals surface area contributed by atoms with Crippen molar-refractivity contribution in [3.63, 3.8) is 0 Å². The minimum Gasteiger partial charge on any atom is -0.381 e. The number of nitrogens with zero attached hydrogens (tertiary/aromatic N) is 1. The Labute approximate surface area is 124 Å². The van der Waals surface area contributed by atoms with Crippen LogP contribution in [0.2, 0.25) is 0 Å². The molecular formula is C17H32N2O. The lowest BCUT2D eigenvalue weighted by Gasteiger charge is -2.39. The lowest BCUT2D eigenvalue weighted by Crippen LogP contribution is -2.41. The fourth-order valence-corrected chi connectivity index (χ4v) is 4.49. The summed E-state index contributed by atoms with van der Waals surface area (Å²) in [7, 11) is 0. The van der Waals surface area contributed by atoms with Gasteiger partial charge in [0.15, 0.2) is 0 Å². The van der Waals surface area contributed by atoms with E-state index in [-0.39, 0.29) is 0 Å². The zero-order chi connectivity index (χ0) is 13.9. The molecule has 3 nitrogen and oxygen atoms in total. The number of nitrogens with one attached hydrogen (secondary N) is 1. The molecule has 0 atom stereocenters. The molecule has 0 aromatic carbocycles. The van der Waals surface area contributed by atoms with Gasteiger partial charge in [-0.15, -0.1) is 0 Å². The number of hydrogen-bond donors (Lipinski definition) is 1. The number of ether oxygens (including phenoxy) is 1. The van der Waals surface area contributed by atoms with Crippen LogP contribution in [0.3, 0.4) is 0 Å². The van der Waals surface area contributed by atoms with Crippen LogP contribution >= 0.6 is 0 Å².